The SMILES string of the molecule is COc1cc(O)cc2c1C(=O)c1cc(OC)c3c(=O)cc(C)oc3c1C2=O. The van der Waals surface area contributed by atoms with Crippen molar-refractivity contribution in [3.05, 3.63) is 62.5 Å². The normalized spacial score (nSPS) is 12.7. The molecule has 1 heterocycles. The van der Waals surface area contributed by atoms with Crippen LogP contribution in [0, 0.1) is 6.92 Å². The minimum absolute atomic E-state index is 0.0133. The van der Waals surface area contributed by atoms with Gasteiger partial charge in [-0.3, -0.25) is 14.4 Å². The number of phenols is 1. The molecule has 0 aliphatic heterocycles. The van der Waals surface area contributed by atoms with Crippen molar-refractivity contribution in [2.24, 2.45) is 0 Å². The highest BCUT2D eigenvalue weighted by molar-refractivity contribution is 6.32. The van der Waals surface area contributed by atoms with Crippen LogP contribution in [0.3, 0.4) is 0 Å². The number of carbonyl (C=O) groups is 2. The fourth-order valence-corrected chi connectivity index (χ4v) is 3.43. The molecule has 0 atom stereocenters. The fraction of sp³-hybridized carbons (Fsp3) is 0.150. The molecule has 0 fully saturated rings. The maximum Gasteiger partial charge on any atom is 0.198 e. The van der Waals surface area contributed by atoms with E-state index in [0.717, 1.165) is 0 Å². The second-order valence-electron chi connectivity index (χ2n) is 6.16. The number of hydrogen-bond donors (Lipinski definition) is 1. The molecule has 0 amide bonds. The summed E-state index contributed by atoms with van der Waals surface area (Å²) in [6.45, 7) is 1.57. The topological polar surface area (TPSA) is 103 Å². The number of fused-ring (bicyclic) bond motifs is 4. The maximum absolute atomic E-state index is 13.2. The van der Waals surface area contributed by atoms with Crippen LogP contribution in [0.15, 0.2) is 33.5 Å². The van der Waals surface area contributed by atoms with E-state index in [4.69, 9.17) is 13.9 Å². The van der Waals surface area contributed by atoms with Crippen molar-refractivity contribution in [1.82, 2.24) is 0 Å². The van der Waals surface area contributed by atoms with E-state index >= 15 is 0 Å². The Morgan fingerprint density at radius 2 is 1.48 bits per heavy atom. The Kier molecular flexibility index (Phi) is 3.56. The number of phenolic OH excluding ortho intramolecular Hbond substituents is 1. The third kappa shape index (κ3) is 2.25. The van der Waals surface area contributed by atoms with Crippen molar-refractivity contribution < 1.29 is 28.6 Å². The van der Waals surface area contributed by atoms with E-state index in [0.29, 0.717) is 5.76 Å². The van der Waals surface area contributed by atoms with Gasteiger partial charge in [-0.15, -0.1) is 0 Å². The van der Waals surface area contributed by atoms with Gasteiger partial charge in [-0.1, -0.05) is 0 Å². The van der Waals surface area contributed by atoms with Crippen LogP contribution in [0.2, 0.25) is 0 Å². The lowest BCUT2D eigenvalue weighted by molar-refractivity contribution is 0.0976. The number of aryl methyl sites for hydroxylation is 1. The van der Waals surface area contributed by atoms with E-state index in [1.54, 1.807) is 6.92 Å². The van der Waals surface area contributed by atoms with E-state index in [9.17, 15) is 19.5 Å². The molecule has 136 valence electrons. The van der Waals surface area contributed by atoms with Crippen molar-refractivity contribution in [3.63, 3.8) is 0 Å². The highest BCUT2D eigenvalue weighted by Gasteiger charge is 2.36. The Balaban J connectivity index is 2.18. The summed E-state index contributed by atoms with van der Waals surface area (Å²) >= 11 is 0. The fourth-order valence-electron chi connectivity index (χ4n) is 3.43. The lowest BCUT2D eigenvalue weighted by Gasteiger charge is -2.21. The molecule has 0 bridgehead atoms. The van der Waals surface area contributed by atoms with Crippen molar-refractivity contribution in [3.8, 4) is 17.2 Å². The first kappa shape index (κ1) is 16.8. The molecule has 7 heteroatoms. The van der Waals surface area contributed by atoms with Gasteiger partial charge in [-0.05, 0) is 19.1 Å². The van der Waals surface area contributed by atoms with E-state index in [-0.39, 0.29) is 55.9 Å². The zero-order chi connectivity index (χ0) is 19.5. The molecule has 1 aromatic heterocycles. The summed E-state index contributed by atoms with van der Waals surface area (Å²) in [5, 5.41) is 9.98. The summed E-state index contributed by atoms with van der Waals surface area (Å²) in [7, 11) is 2.70. The molecule has 2 aromatic carbocycles. The molecular formula is C20H14O7. The van der Waals surface area contributed by atoms with Crippen molar-refractivity contribution in [2.75, 3.05) is 14.2 Å². The van der Waals surface area contributed by atoms with Gasteiger partial charge in [0.1, 0.15) is 28.4 Å². The minimum atomic E-state index is -0.546. The van der Waals surface area contributed by atoms with Crippen LogP contribution in [-0.2, 0) is 0 Å². The first-order valence-electron chi connectivity index (χ1n) is 8.03. The van der Waals surface area contributed by atoms with Gasteiger partial charge in [0.15, 0.2) is 22.6 Å². The number of rotatable bonds is 2. The smallest absolute Gasteiger partial charge is 0.198 e. The van der Waals surface area contributed by atoms with Gasteiger partial charge in [0.05, 0.1) is 25.3 Å². The number of ketones is 2. The standard InChI is InChI=1S/C20H14O7/c1-8-4-12(22)17-14(26-3)7-11-16(20(17)27-8)19(24)10-5-9(21)6-13(25-2)15(10)18(11)23/h4-7,21H,1-3H3. The molecule has 0 unspecified atom stereocenters. The molecule has 0 saturated carbocycles. The summed E-state index contributed by atoms with van der Waals surface area (Å²) in [6, 6.07) is 5.11. The van der Waals surface area contributed by atoms with E-state index in [2.05, 4.69) is 0 Å². The molecule has 27 heavy (non-hydrogen) atoms. The maximum atomic E-state index is 13.2. The zero-order valence-corrected chi connectivity index (χ0v) is 14.7. The second-order valence-corrected chi connectivity index (χ2v) is 6.16. The predicted octanol–water partition coefficient (Wildman–Crippen LogP) is 2.60. The second kappa shape index (κ2) is 5.70. The largest absolute Gasteiger partial charge is 0.508 e. The van der Waals surface area contributed by atoms with Crippen molar-refractivity contribution in [2.45, 2.75) is 6.92 Å². The van der Waals surface area contributed by atoms with Crippen LogP contribution in [0.5, 0.6) is 17.2 Å². The van der Waals surface area contributed by atoms with Gasteiger partial charge in [-0.25, -0.2) is 0 Å². The first-order chi connectivity index (χ1) is 12.9. The Hall–Kier alpha value is -3.61. The predicted molar refractivity (Wildman–Crippen MR) is 95.3 cm³/mol. The average Bonchev–Trinajstić information content (AvgIpc) is 2.63. The number of benzene rings is 2. The van der Waals surface area contributed by atoms with Crippen LogP contribution in [0.25, 0.3) is 11.0 Å². The molecule has 0 spiro atoms. The third-order valence-corrected chi connectivity index (χ3v) is 4.56. The summed E-state index contributed by atoms with van der Waals surface area (Å²) in [4.78, 5) is 38.8. The van der Waals surface area contributed by atoms with Crippen molar-refractivity contribution in [1.29, 1.82) is 0 Å². The van der Waals surface area contributed by atoms with Crippen LogP contribution in [-0.4, -0.2) is 30.9 Å². The highest BCUT2D eigenvalue weighted by atomic mass is 16.5. The Bertz CT molecular complexity index is 1220. The summed E-state index contributed by atoms with van der Waals surface area (Å²) < 4.78 is 16.1. The van der Waals surface area contributed by atoms with E-state index < -0.39 is 11.6 Å². The van der Waals surface area contributed by atoms with Crippen LogP contribution in [0.1, 0.15) is 37.6 Å². The van der Waals surface area contributed by atoms with Gasteiger partial charge < -0.3 is 19.0 Å². The molecule has 3 aromatic rings. The summed E-state index contributed by atoms with van der Waals surface area (Å²) in [6.07, 6.45) is 0. The summed E-state index contributed by atoms with van der Waals surface area (Å²) in [5.74, 6) is -0.734. The number of aromatic hydroxyl groups is 1. The van der Waals surface area contributed by atoms with Gasteiger partial charge in [0.2, 0.25) is 0 Å². The number of hydrogen-bond acceptors (Lipinski definition) is 7. The number of carbonyl (C=O) groups excluding carboxylic acids is 2. The monoisotopic (exact) mass is 366 g/mol. The van der Waals surface area contributed by atoms with E-state index in [1.165, 1.54) is 38.5 Å². The van der Waals surface area contributed by atoms with Gasteiger partial charge in [0, 0.05) is 23.3 Å². The molecule has 0 saturated heterocycles. The Morgan fingerprint density at radius 1 is 0.852 bits per heavy atom. The van der Waals surface area contributed by atoms with Gasteiger partial charge >= 0.3 is 0 Å². The van der Waals surface area contributed by atoms with Gasteiger partial charge in [-0.2, -0.15) is 0 Å². The first-order valence-corrected chi connectivity index (χ1v) is 8.03. The zero-order valence-electron chi connectivity index (χ0n) is 14.7. The molecular weight excluding hydrogens is 352 g/mol. The Morgan fingerprint density at radius 3 is 2.15 bits per heavy atom. The number of methoxy groups -OCH3 is 2. The summed E-state index contributed by atoms with van der Waals surface area (Å²) in [5.41, 5.74) is -0.343. The Labute approximate surface area is 152 Å². The van der Waals surface area contributed by atoms with E-state index in [1.807, 2.05) is 0 Å². The molecule has 4 rings (SSSR count). The third-order valence-electron chi connectivity index (χ3n) is 4.56. The molecule has 0 radical (unpaired) electrons. The lowest BCUT2D eigenvalue weighted by Crippen LogP contribution is -2.23. The van der Waals surface area contributed by atoms with Crippen molar-refractivity contribution >= 4 is 22.5 Å². The van der Waals surface area contributed by atoms with Crippen LogP contribution < -0.4 is 14.9 Å². The molecule has 7 nitrogen and oxygen atoms in total. The molecule has 1 aliphatic rings. The average molecular weight is 366 g/mol. The van der Waals surface area contributed by atoms with Crippen LogP contribution in [0.4, 0.5) is 0 Å². The molecule has 1 aliphatic carbocycles. The minimum Gasteiger partial charge on any atom is -0.508 e. The lowest BCUT2D eigenvalue weighted by atomic mass is 9.82. The quantitative estimate of drug-likeness (QED) is 0.581. The molecule has 1 N–H and O–H groups in total. The number of ether oxygens (including phenoxy) is 2. The van der Waals surface area contributed by atoms with Crippen LogP contribution >= 0.6 is 0 Å². The van der Waals surface area contributed by atoms with Gasteiger partial charge in [0.25, 0.3) is 0 Å². The highest BCUT2D eigenvalue weighted by Crippen LogP contribution is 2.40.